The summed E-state index contributed by atoms with van der Waals surface area (Å²) in [7, 11) is 0. The van der Waals surface area contributed by atoms with Crippen molar-refractivity contribution in [3.8, 4) is 0 Å². The van der Waals surface area contributed by atoms with Crippen molar-refractivity contribution in [2.45, 2.75) is 39.2 Å². The average molecular weight is 245 g/mol. The van der Waals surface area contributed by atoms with E-state index in [0.29, 0.717) is 19.8 Å². The molecule has 1 saturated heterocycles. The van der Waals surface area contributed by atoms with Crippen molar-refractivity contribution in [3.63, 3.8) is 0 Å². The van der Waals surface area contributed by atoms with Crippen molar-refractivity contribution < 1.29 is 19.4 Å². The van der Waals surface area contributed by atoms with Crippen molar-refractivity contribution in [1.29, 1.82) is 0 Å². The molecule has 1 heterocycles. The SMILES string of the molecule is CC(C)(C)OC(=O)NCC1(CO)CCOCC1. The fraction of sp³-hybridized carbons (Fsp3) is 0.917. The Hall–Kier alpha value is -0.810. The Morgan fingerprint density at radius 1 is 1.41 bits per heavy atom. The molecule has 17 heavy (non-hydrogen) atoms. The standard InChI is InChI=1S/C12H23NO4/c1-11(2,3)17-10(15)13-8-12(9-14)4-6-16-7-5-12/h14H,4-9H2,1-3H3,(H,13,15). The summed E-state index contributed by atoms with van der Waals surface area (Å²) in [6.07, 6.45) is 1.09. The van der Waals surface area contributed by atoms with Crippen LogP contribution in [0.2, 0.25) is 0 Å². The molecule has 1 aliphatic rings. The number of alkyl carbamates (subject to hydrolysis) is 1. The number of hydrogen-bond donors (Lipinski definition) is 2. The summed E-state index contributed by atoms with van der Waals surface area (Å²) in [5.41, 5.74) is -0.749. The molecule has 1 fully saturated rings. The van der Waals surface area contributed by atoms with E-state index in [2.05, 4.69) is 5.32 Å². The fourth-order valence-corrected chi connectivity index (χ4v) is 1.77. The van der Waals surface area contributed by atoms with E-state index in [4.69, 9.17) is 9.47 Å². The molecule has 0 atom stereocenters. The maximum atomic E-state index is 11.5. The zero-order valence-electron chi connectivity index (χ0n) is 10.9. The number of nitrogens with one attached hydrogen (secondary N) is 1. The molecule has 1 amide bonds. The number of amides is 1. The van der Waals surface area contributed by atoms with Gasteiger partial charge in [-0.3, -0.25) is 0 Å². The summed E-state index contributed by atoms with van der Waals surface area (Å²) in [5.74, 6) is 0. The first kappa shape index (κ1) is 14.3. The van der Waals surface area contributed by atoms with Crippen LogP contribution in [0.25, 0.3) is 0 Å². The normalized spacial score (nSPS) is 19.8. The largest absolute Gasteiger partial charge is 0.444 e. The van der Waals surface area contributed by atoms with Gasteiger partial charge in [0.05, 0.1) is 6.61 Å². The van der Waals surface area contributed by atoms with Gasteiger partial charge in [0.25, 0.3) is 0 Å². The van der Waals surface area contributed by atoms with Crippen molar-refractivity contribution in [1.82, 2.24) is 5.32 Å². The molecule has 0 radical (unpaired) electrons. The van der Waals surface area contributed by atoms with Crippen LogP contribution < -0.4 is 5.32 Å². The molecule has 100 valence electrons. The maximum Gasteiger partial charge on any atom is 0.407 e. The van der Waals surface area contributed by atoms with E-state index in [1.54, 1.807) is 0 Å². The molecule has 0 unspecified atom stereocenters. The van der Waals surface area contributed by atoms with Crippen molar-refractivity contribution >= 4 is 6.09 Å². The van der Waals surface area contributed by atoms with E-state index in [1.165, 1.54) is 0 Å². The van der Waals surface area contributed by atoms with E-state index in [1.807, 2.05) is 20.8 Å². The van der Waals surface area contributed by atoms with E-state index in [0.717, 1.165) is 12.8 Å². The summed E-state index contributed by atoms with van der Waals surface area (Å²) < 4.78 is 10.4. The van der Waals surface area contributed by atoms with E-state index < -0.39 is 11.7 Å². The number of hydrogen-bond acceptors (Lipinski definition) is 4. The number of aliphatic hydroxyl groups is 1. The summed E-state index contributed by atoms with van der Waals surface area (Å²) in [4.78, 5) is 11.5. The van der Waals surface area contributed by atoms with Crippen LogP contribution >= 0.6 is 0 Å². The van der Waals surface area contributed by atoms with Crippen molar-refractivity contribution in [2.75, 3.05) is 26.4 Å². The zero-order valence-corrected chi connectivity index (χ0v) is 10.9. The maximum absolute atomic E-state index is 11.5. The van der Waals surface area contributed by atoms with Crippen LogP contribution in [0.5, 0.6) is 0 Å². The predicted octanol–water partition coefficient (Wildman–Crippen LogP) is 1.30. The monoisotopic (exact) mass is 245 g/mol. The van der Waals surface area contributed by atoms with Crippen LogP contribution in [-0.4, -0.2) is 43.2 Å². The van der Waals surface area contributed by atoms with E-state index in [-0.39, 0.29) is 12.0 Å². The number of ether oxygens (including phenoxy) is 2. The molecule has 5 heteroatoms. The summed E-state index contributed by atoms with van der Waals surface area (Å²) in [6.45, 7) is 7.23. The molecule has 0 aliphatic carbocycles. The lowest BCUT2D eigenvalue weighted by atomic mass is 9.81. The second kappa shape index (κ2) is 5.69. The summed E-state index contributed by atoms with van der Waals surface area (Å²) in [6, 6.07) is 0. The van der Waals surface area contributed by atoms with Gasteiger partial charge < -0.3 is 19.9 Å². The number of carbonyl (C=O) groups is 1. The molecular formula is C12H23NO4. The molecule has 2 N–H and O–H groups in total. The molecule has 0 saturated carbocycles. The van der Waals surface area contributed by atoms with Gasteiger partial charge in [-0.05, 0) is 33.6 Å². The third-order valence-electron chi connectivity index (χ3n) is 2.90. The van der Waals surface area contributed by atoms with Crippen LogP contribution in [0.1, 0.15) is 33.6 Å². The Kier molecular flexibility index (Phi) is 4.77. The van der Waals surface area contributed by atoms with Gasteiger partial charge in [-0.15, -0.1) is 0 Å². The smallest absolute Gasteiger partial charge is 0.407 e. The lowest BCUT2D eigenvalue weighted by Gasteiger charge is -2.35. The summed E-state index contributed by atoms with van der Waals surface area (Å²) >= 11 is 0. The first-order chi connectivity index (χ1) is 7.87. The minimum absolute atomic E-state index is 0.0617. The lowest BCUT2D eigenvalue weighted by Crippen LogP contribution is -2.45. The van der Waals surface area contributed by atoms with E-state index >= 15 is 0 Å². The Morgan fingerprint density at radius 2 is 2.00 bits per heavy atom. The Labute approximate surface area is 102 Å². The highest BCUT2D eigenvalue weighted by atomic mass is 16.6. The van der Waals surface area contributed by atoms with Crippen LogP contribution in [0.4, 0.5) is 4.79 Å². The lowest BCUT2D eigenvalue weighted by molar-refractivity contribution is -0.0174. The number of carbonyl (C=O) groups excluding carboxylic acids is 1. The van der Waals surface area contributed by atoms with Gasteiger partial charge in [0.15, 0.2) is 0 Å². The van der Waals surface area contributed by atoms with Crippen LogP contribution in [0.3, 0.4) is 0 Å². The fourth-order valence-electron chi connectivity index (χ4n) is 1.77. The van der Waals surface area contributed by atoms with Gasteiger partial charge in [0.2, 0.25) is 0 Å². The Bertz CT molecular complexity index is 254. The topological polar surface area (TPSA) is 67.8 Å². The Balaban J connectivity index is 2.39. The molecule has 0 aromatic heterocycles. The minimum Gasteiger partial charge on any atom is -0.444 e. The number of aliphatic hydroxyl groups excluding tert-OH is 1. The minimum atomic E-state index is -0.494. The van der Waals surface area contributed by atoms with Crippen LogP contribution in [-0.2, 0) is 9.47 Å². The molecule has 5 nitrogen and oxygen atoms in total. The number of rotatable bonds is 3. The van der Waals surface area contributed by atoms with E-state index in [9.17, 15) is 9.90 Å². The van der Waals surface area contributed by atoms with Crippen molar-refractivity contribution in [3.05, 3.63) is 0 Å². The van der Waals surface area contributed by atoms with Gasteiger partial charge in [0.1, 0.15) is 5.60 Å². The van der Waals surface area contributed by atoms with Gasteiger partial charge >= 0.3 is 6.09 Å². The second-order valence-electron chi connectivity index (χ2n) is 5.63. The third-order valence-corrected chi connectivity index (χ3v) is 2.90. The molecule has 0 bridgehead atoms. The van der Waals surface area contributed by atoms with Crippen LogP contribution in [0.15, 0.2) is 0 Å². The van der Waals surface area contributed by atoms with Gasteiger partial charge in [-0.2, -0.15) is 0 Å². The first-order valence-electron chi connectivity index (χ1n) is 6.02. The molecule has 0 aromatic carbocycles. The highest BCUT2D eigenvalue weighted by molar-refractivity contribution is 5.67. The molecule has 0 aromatic rings. The van der Waals surface area contributed by atoms with Gasteiger partial charge in [-0.25, -0.2) is 4.79 Å². The highest BCUT2D eigenvalue weighted by Crippen LogP contribution is 2.29. The Morgan fingerprint density at radius 3 is 2.47 bits per heavy atom. The average Bonchev–Trinajstić information content (AvgIpc) is 2.25. The predicted molar refractivity (Wildman–Crippen MR) is 63.8 cm³/mol. The zero-order chi connectivity index (χ0) is 12.9. The quantitative estimate of drug-likeness (QED) is 0.786. The first-order valence-corrected chi connectivity index (χ1v) is 6.02. The molecule has 1 aliphatic heterocycles. The van der Waals surface area contributed by atoms with Crippen LogP contribution in [0, 0.1) is 5.41 Å². The third kappa shape index (κ3) is 4.91. The molecule has 1 rings (SSSR count). The highest BCUT2D eigenvalue weighted by Gasteiger charge is 2.32. The summed E-state index contributed by atoms with van der Waals surface area (Å²) in [5, 5.41) is 12.2. The molecular weight excluding hydrogens is 222 g/mol. The second-order valence-corrected chi connectivity index (χ2v) is 5.63. The molecule has 0 spiro atoms. The van der Waals surface area contributed by atoms with Gasteiger partial charge in [0, 0.05) is 25.2 Å². The van der Waals surface area contributed by atoms with Crippen molar-refractivity contribution in [2.24, 2.45) is 5.41 Å². The van der Waals surface area contributed by atoms with Gasteiger partial charge in [-0.1, -0.05) is 0 Å².